The smallest absolute Gasteiger partial charge is 0.364 e. The number of aliphatic hydroxyl groups excluding tert-OH is 22. The Balaban J connectivity index is 1.10. The van der Waals surface area contributed by atoms with E-state index in [9.17, 15) is 132 Å². The van der Waals surface area contributed by atoms with Crippen molar-refractivity contribution < 1.29 is 193 Å². The van der Waals surface area contributed by atoms with Crippen LogP contribution in [0.2, 0.25) is 0 Å². The number of carbonyl (C=O) groups excluding carboxylic acids is 2. The molecule has 522 valence electrons. The van der Waals surface area contributed by atoms with Crippen LogP contribution in [-0.2, 0) is 76.0 Å². The van der Waals surface area contributed by atoms with Gasteiger partial charge in [-0.1, -0.05) is 0 Å². The predicted octanol–water partition coefficient (Wildman–Crippen LogP) is -16.8. The van der Waals surface area contributed by atoms with Gasteiger partial charge in [0.25, 0.3) is 5.79 Å². The molecule has 0 bridgehead atoms. The molecule has 2 amide bonds. The van der Waals surface area contributed by atoms with Crippen LogP contribution in [0.3, 0.4) is 0 Å². The first kappa shape index (κ1) is 74.4. The number of rotatable bonds is 24. The molecule has 0 aromatic rings. The van der Waals surface area contributed by atoms with E-state index in [0.29, 0.717) is 0 Å². The first-order valence-corrected chi connectivity index (χ1v) is 28.3. The fraction of sp³-hybridized carbons (Fsp3) is 0.939. The number of aliphatic carboxylic acids is 1. The Bertz CT molecular complexity index is 2290. The number of ether oxygens (including phenoxy) is 13. The zero-order valence-electron chi connectivity index (χ0n) is 47.7. The predicted molar refractivity (Wildman–Crippen MR) is 272 cm³/mol. The molecule has 7 aliphatic rings. The summed E-state index contributed by atoms with van der Waals surface area (Å²) in [6.45, 7) is -5.63. The molecule has 7 rings (SSSR count). The Kier molecular flexibility index (Phi) is 26.2. The van der Waals surface area contributed by atoms with Crippen molar-refractivity contribution in [2.24, 2.45) is 0 Å². The maximum Gasteiger partial charge on any atom is 0.364 e. The third kappa shape index (κ3) is 15.8. The van der Waals surface area contributed by atoms with E-state index in [2.05, 4.69) is 10.6 Å². The van der Waals surface area contributed by atoms with Gasteiger partial charge < -0.3 is 190 Å². The van der Waals surface area contributed by atoms with Crippen molar-refractivity contribution in [2.45, 2.75) is 241 Å². The molecule has 90 heavy (non-hydrogen) atoms. The highest BCUT2D eigenvalue weighted by Crippen LogP contribution is 2.40. The minimum absolute atomic E-state index is 0.838. The van der Waals surface area contributed by atoms with Gasteiger partial charge in [0.05, 0.1) is 58.4 Å². The average Bonchev–Trinajstić information content (AvgIpc) is 0.816. The van der Waals surface area contributed by atoms with Crippen LogP contribution >= 0.6 is 0 Å². The molecule has 0 aromatic carbocycles. The van der Waals surface area contributed by atoms with E-state index in [1.165, 1.54) is 0 Å². The minimum Gasteiger partial charge on any atom is -0.477 e. The lowest BCUT2D eigenvalue weighted by Crippen LogP contribution is -2.71. The van der Waals surface area contributed by atoms with Crippen molar-refractivity contribution in [1.29, 1.82) is 0 Å². The summed E-state index contributed by atoms with van der Waals surface area (Å²) >= 11 is 0. The highest BCUT2D eigenvalue weighted by Gasteiger charge is 2.62. The summed E-state index contributed by atoms with van der Waals surface area (Å²) in [4.78, 5) is 37.8. The van der Waals surface area contributed by atoms with Crippen LogP contribution in [0.4, 0.5) is 0 Å². The lowest BCUT2D eigenvalue weighted by atomic mass is 9.88. The van der Waals surface area contributed by atoms with Gasteiger partial charge in [0.2, 0.25) is 11.8 Å². The van der Waals surface area contributed by atoms with Gasteiger partial charge in [-0.3, -0.25) is 9.59 Å². The van der Waals surface area contributed by atoms with Crippen molar-refractivity contribution in [3.8, 4) is 0 Å². The highest BCUT2D eigenvalue weighted by molar-refractivity contribution is 5.76. The molecular formula is C49H82N2O39. The third-order valence-electron chi connectivity index (χ3n) is 16.3. The SMILES string of the molecule is CC(=O)N[C@H]1[C@H](OC[C@H]2O[C@H](O[C@@H]3[C@@H](O[C@@H]4O[C@H](CO)[C@@H](O)[C@H](O)[C@H]4O)[C@@H](O)[C@H](O[C@H]4[C@H](O)[C@@H](O)[C@H](O)O[C@@H]4CO)O[C@@H]3CO)[C@H](O)[C@@H](O)[C@@H]2O)O[C@H](CO)[C@@H](O[C@@H]2O[C@H](CO)[C@H](O)[C@H](O[C@]3(C(=O)O)C[C@H](O)[C@@H](NC(C)=O)[C@H]([C@H](O)[C@H](O)CO)O3)[C@H]2O)[C@@H]1O. The van der Waals surface area contributed by atoms with Crippen LogP contribution in [-0.4, -0.2) is 402 Å². The molecule has 0 spiro atoms. The molecule has 0 aliphatic carbocycles. The molecule has 7 fully saturated rings. The van der Waals surface area contributed by atoms with Gasteiger partial charge in [0.15, 0.2) is 37.7 Å². The second kappa shape index (κ2) is 31.7. The molecule has 41 heteroatoms. The van der Waals surface area contributed by atoms with Gasteiger partial charge >= 0.3 is 5.97 Å². The zero-order valence-corrected chi connectivity index (χ0v) is 47.7. The normalized spacial score (nSPS) is 48.5. The summed E-state index contributed by atoms with van der Waals surface area (Å²) in [5, 5.41) is 252. The Morgan fingerprint density at radius 3 is 1.40 bits per heavy atom. The maximum atomic E-state index is 13.0. The van der Waals surface area contributed by atoms with E-state index in [1.807, 2.05) is 0 Å². The monoisotopic (exact) mass is 1320 g/mol. The third-order valence-corrected chi connectivity index (χ3v) is 16.3. The van der Waals surface area contributed by atoms with Crippen molar-refractivity contribution in [3.63, 3.8) is 0 Å². The summed E-state index contributed by atoms with van der Waals surface area (Å²) in [6.07, 6.45) is -69.7. The van der Waals surface area contributed by atoms with E-state index in [0.717, 1.165) is 13.8 Å². The van der Waals surface area contributed by atoms with E-state index in [4.69, 9.17) is 61.6 Å². The summed E-state index contributed by atoms with van der Waals surface area (Å²) in [7, 11) is 0. The van der Waals surface area contributed by atoms with Crippen LogP contribution in [0.1, 0.15) is 20.3 Å². The molecule has 0 radical (unpaired) electrons. The summed E-state index contributed by atoms with van der Waals surface area (Å²) < 4.78 is 74.3. The summed E-state index contributed by atoms with van der Waals surface area (Å²) in [5.74, 6) is -7.06. The standard InChI is InChI=1S/C49H82N2O39/c1-11(58)50-21-13(60)3-49(48(76)77,89-39(21)23(62)14(61)4-52)90-40-26(65)16(6-54)81-46(34(40)73)85-36-18(8-56)82-43(22(27(36)66)51-12(2)59)78-10-20-25(64)29(68)33(72)45(84-20)87-38-19(9-57)83-47(86-37-17(7-55)79-42(75)31(70)30(37)69)35(74)41(38)88-44-32(71)28(67)24(63)15(5-53)80-44/h13-47,52-57,60-75H,3-10H2,1-2H3,(H,50,58)(H,51,59)(H,76,77)/t13-,14+,15+,16+,17+,18+,19+,20+,21+,22+,23+,24+,25+,26-,27+,28-,29-,30+,31+,32+,33+,34+,35+,36+,37+,38-,39+,40-,41-,42+,43+,44-,45+,46-,47-,49-/m0/s1. The van der Waals surface area contributed by atoms with Crippen molar-refractivity contribution in [1.82, 2.24) is 10.6 Å². The summed E-state index contributed by atoms with van der Waals surface area (Å²) in [5.41, 5.74) is 0. The second-order valence-corrected chi connectivity index (χ2v) is 22.5. The molecule has 0 saturated carbocycles. The number of aliphatic hydroxyl groups is 22. The lowest BCUT2D eigenvalue weighted by Gasteiger charge is -2.51. The minimum atomic E-state index is -3.22. The second-order valence-electron chi connectivity index (χ2n) is 22.5. The molecular weight excluding hydrogens is 1240 g/mol. The highest BCUT2D eigenvalue weighted by atomic mass is 16.8. The first-order chi connectivity index (χ1) is 42.4. The summed E-state index contributed by atoms with van der Waals surface area (Å²) in [6, 6.07) is -3.52. The maximum absolute atomic E-state index is 13.0. The Morgan fingerprint density at radius 1 is 0.456 bits per heavy atom. The number of nitrogens with one attached hydrogen (secondary N) is 2. The van der Waals surface area contributed by atoms with Gasteiger partial charge in [-0.2, -0.15) is 0 Å². The Hall–Kier alpha value is -2.99. The fourth-order valence-electron chi connectivity index (χ4n) is 11.4. The van der Waals surface area contributed by atoms with Gasteiger partial charge in [0, 0.05) is 20.3 Å². The van der Waals surface area contributed by atoms with E-state index < -0.39 is 291 Å². The average molecular weight is 1320 g/mol. The van der Waals surface area contributed by atoms with E-state index in [1.54, 1.807) is 0 Å². The topological polar surface area (TPSA) is 661 Å². The molecule has 0 aromatic heterocycles. The number of amides is 2. The van der Waals surface area contributed by atoms with Gasteiger partial charge in [-0.15, -0.1) is 0 Å². The van der Waals surface area contributed by atoms with Crippen molar-refractivity contribution >= 4 is 17.8 Å². The quantitative estimate of drug-likeness (QED) is 0.0427. The molecule has 0 unspecified atom stereocenters. The van der Waals surface area contributed by atoms with Gasteiger partial charge in [-0.05, 0) is 0 Å². The largest absolute Gasteiger partial charge is 0.477 e. The van der Waals surface area contributed by atoms with Crippen LogP contribution in [0, 0.1) is 0 Å². The van der Waals surface area contributed by atoms with Crippen molar-refractivity contribution in [3.05, 3.63) is 0 Å². The Labute approximate surface area is 508 Å². The fourth-order valence-corrected chi connectivity index (χ4v) is 11.4. The Morgan fingerprint density at radius 2 is 0.878 bits per heavy atom. The number of hydrogen-bond donors (Lipinski definition) is 25. The van der Waals surface area contributed by atoms with Crippen molar-refractivity contribution in [2.75, 3.05) is 46.2 Å². The first-order valence-electron chi connectivity index (χ1n) is 28.3. The molecule has 7 saturated heterocycles. The number of carboxylic acid groups (broad SMARTS) is 1. The molecule has 25 N–H and O–H groups in total. The van der Waals surface area contributed by atoms with Gasteiger partial charge in [-0.25, -0.2) is 4.79 Å². The molecule has 36 atom stereocenters. The van der Waals surface area contributed by atoms with Gasteiger partial charge in [0.1, 0.15) is 165 Å². The van der Waals surface area contributed by atoms with Crippen LogP contribution in [0.15, 0.2) is 0 Å². The number of hydrogen-bond acceptors (Lipinski definition) is 38. The van der Waals surface area contributed by atoms with Crippen LogP contribution in [0.25, 0.3) is 0 Å². The van der Waals surface area contributed by atoms with Crippen LogP contribution < -0.4 is 10.6 Å². The number of carboxylic acids is 1. The number of carbonyl (C=O) groups is 3. The molecule has 7 heterocycles. The molecule has 7 aliphatic heterocycles. The molecule has 41 nitrogen and oxygen atoms in total. The van der Waals surface area contributed by atoms with Crippen LogP contribution in [0.5, 0.6) is 0 Å². The lowest BCUT2D eigenvalue weighted by molar-refractivity contribution is -0.400. The van der Waals surface area contributed by atoms with E-state index >= 15 is 0 Å². The van der Waals surface area contributed by atoms with E-state index in [-0.39, 0.29) is 0 Å². The zero-order chi connectivity index (χ0) is 66.7.